The summed E-state index contributed by atoms with van der Waals surface area (Å²) in [7, 11) is 0. The van der Waals surface area contributed by atoms with Crippen LogP contribution in [0.3, 0.4) is 0 Å². The predicted octanol–water partition coefficient (Wildman–Crippen LogP) is 0.911. The molecular weight excluding hydrogens is 462 g/mol. The first-order valence-electron chi connectivity index (χ1n) is 12.9. The first-order chi connectivity index (χ1) is 17.4. The van der Waals surface area contributed by atoms with Gasteiger partial charge in [0.2, 0.25) is 0 Å². The largest absolute Gasteiger partial charge is 0.379 e. The van der Waals surface area contributed by atoms with Gasteiger partial charge in [-0.3, -0.25) is 0 Å². The second-order valence-corrected chi connectivity index (χ2v) is 7.27. The van der Waals surface area contributed by atoms with Gasteiger partial charge in [-0.05, 0) is 6.42 Å². The van der Waals surface area contributed by atoms with Crippen molar-refractivity contribution in [2.45, 2.75) is 19.8 Å². The van der Waals surface area contributed by atoms with E-state index in [9.17, 15) is 0 Å². The molecule has 0 aliphatic rings. The van der Waals surface area contributed by atoms with Crippen LogP contribution in [0.1, 0.15) is 19.8 Å². The van der Waals surface area contributed by atoms with Crippen molar-refractivity contribution < 1.29 is 47.4 Å². The van der Waals surface area contributed by atoms with Crippen LogP contribution in [0.2, 0.25) is 0 Å². The van der Waals surface area contributed by atoms with Gasteiger partial charge < -0.3 is 53.1 Å². The van der Waals surface area contributed by atoms with Gasteiger partial charge in [-0.1, -0.05) is 13.3 Å². The van der Waals surface area contributed by atoms with Crippen molar-refractivity contribution in [3.05, 3.63) is 0 Å². The highest BCUT2D eigenvalue weighted by Gasteiger charge is 1.95. The van der Waals surface area contributed by atoms with E-state index < -0.39 is 0 Å². The van der Waals surface area contributed by atoms with Crippen molar-refractivity contribution >= 4 is 0 Å². The Hall–Kier alpha value is -0.440. The molecule has 0 heterocycles. The summed E-state index contributed by atoms with van der Waals surface area (Å²) in [6.45, 7) is 13.9. The molecule has 0 aliphatic carbocycles. The van der Waals surface area contributed by atoms with Crippen LogP contribution in [0.4, 0.5) is 0 Å². The van der Waals surface area contributed by atoms with Gasteiger partial charge >= 0.3 is 0 Å². The molecule has 0 aromatic heterocycles. The summed E-state index contributed by atoms with van der Waals surface area (Å²) in [5.74, 6) is 0. The molecule has 0 bridgehead atoms. The highest BCUT2D eigenvalue weighted by molar-refractivity contribution is 4.39. The molecular formula is C24H51NO10. The van der Waals surface area contributed by atoms with E-state index in [0.29, 0.717) is 132 Å². The standard InChI is InChI=1S/C24H51NO10/c1-2-3-5-26-7-9-28-11-13-30-15-17-32-19-21-34-23-24-35-22-20-33-18-16-31-14-12-29-10-8-27-6-4-25/h2-25H2,1H3. The quantitative estimate of drug-likeness (QED) is 0.129. The monoisotopic (exact) mass is 513 g/mol. The fourth-order valence-corrected chi connectivity index (χ4v) is 2.41. The first-order valence-corrected chi connectivity index (χ1v) is 12.9. The van der Waals surface area contributed by atoms with E-state index in [1.165, 1.54) is 0 Å². The third kappa shape index (κ3) is 33.6. The van der Waals surface area contributed by atoms with Crippen molar-refractivity contribution in [3.8, 4) is 0 Å². The van der Waals surface area contributed by atoms with Gasteiger partial charge in [-0.15, -0.1) is 0 Å². The Morgan fingerprint density at radius 3 is 0.714 bits per heavy atom. The molecule has 0 saturated heterocycles. The minimum atomic E-state index is 0.526. The van der Waals surface area contributed by atoms with E-state index in [1.54, 1.807) is 0 Å². The molecule has 0 fully saturated rings. The second-order valence-electron chi connectivity index (χ2n) is 7.27. The lowest BCUT2D eigenvalue weighted by molar-refractivity contribution is -0.0263. The number of nitrogens with two attached hydrogens (primary N) is 1. The molecule has 0 spiro atoms. The summed E-state index contributed by atoms with van der Waals surface area (Å²) in [4.78, 5) is 0. The molecule has 0 unspecified atom stereocenters. The minimum absolute atomic E-state index is 0.526. The van der Waals surface area contributed by atoms with E-state index >= 15 is 0 Å². The molecule has 2 N–H and O–H groups in total. The number of hydrogen-bond donors (Lipinski definition) is 1. The molecule has 0 aromatic rings. The molecule has 0 atom stereocenters. The number of hydrogen-bond acceptors (Lipinski definition) is 11. The summed E-state index contributed by atoms with van der Waals surface area (Å²) < 4.78 is 54.0. The van der Waals surface area contributed by atoms with Crippen LogP contribution in [0.15, 0.2) is 0 Å². The lowest BCUT2D eigenvalue weighted by atomic mass is 10.4. The van der Waals surface area contributed by atoms with Crippen molar-refractivity contribution in [3.63, 3.8) is 0 Å². The Bertz CT molecular complexity index is 337. The van der Waals surface area contributed by atoms with Crippen molar-refractivity contribution in [2.75, 3.05) is 139 Å². The van der Waals surface area contributed by atoms with Gasteiger partial charge in [-0.2, -0.15) is 0 Å². The normalized spacial score (nSPS) is 11.5. The highest BCUT2D eigenvalue weighted by Crippen LogP contribution is 1.89. The zero-order valence-corrected chi connectivity index (χ0v) is 21.9. The van der Waals surface area contributed by atoms with Gasteiger partial charge in [0.1, 0.15) is 0 Å². The molecule has 11 nitrogen and oxygen atoms in total. The summed E-state index contributed by atoms with van der Waals surface area (Å²) in [6.07, 6.45) is 2.25. The zero-order chi connectivity index (χ0) is 25.3. The van der Waals surface area contributed by atoms with Crippen LogP contribution in [-0.4, -0.2) is 139 Å². The third-order valence-corrected chi connectivity index (χ3v) is 4.25. The predicted molar refractivity (Wildman–Crippen MR) is 132 cm³/mol. The molecule has 0 amide bonds. The van der Waals surface area contributed by atoms with Crippen LogP contribution in [0, 0.1) is 0 Å². The summed E-state index contributed by atoms with van der Waals surface area (Å²) >= 11 is 0. The average Bonchev–Trinajstić information content (AvgIpc) is 2.87. The topological polar surface area (TPSA) is 118 Å². The van der Waals surface area contributed by atoms with E-state index in [0.717, 1.165) is 19.4 Å². The van der Waals surface area contributed by atoms with E-state index in [4.69, 9.17) is 53.1 Å². The number of ether oxygens (including phenoxy) is 10. The minimum Gasteiger partial charge on any atom is -0.379 e. The van der Waals surface area contributed by atoms with E-state index in [-0.39, 0.29) is 0 Å². The molecule has 11 heteroatoms. The summed E-state index contributed by atoms with van der Waals surface area (Å²) in [5.41, 5.74) is 5.32. The zero-order valence-electron chi connectivity index (χ0n) is 21.9. The Balaban J connectivity index is 3.00. The van der Waals surface area contributed by atoms with E-state index in [1.807, 2.05) is 0 Å². The van der Waals surface area contributed by atoms with Gasteiger partial charge in [0, 0.05) is 13.2 Å². The Morgan fingerprint density at radius 1 is 0.314 bits per heavy atom. The molecule has 35 heavy (non-hydrogen) atoms. The summed E-state index contributed by atoms with van der Waals surface area (Å²) in [6, 6.07) is 0. The van der Waals surface area contributed by atoms with Crippen LogP contribution < -0.4 is 5.73 Å². The molecule has 212 valence electrons. The summed E-state index contributed by atoms with van der Waals surface area (Å²) in [5, 5.41) is 0. The fraction of sp³-hybridized carbons (Fsp3) is 1.00. The second kappa shape index (κ2) is 33.6. The Morgan fingerprint density at radius 2 is 0.514 bits per heavy atom. The molecule has 0 rings (SSSR count). The average molecular weight is 514 g/mol. The fourth-order valence-electron chi connectivity index (χ4n) is 2.41. The van der Waals surface area contributed by atoms with Gasteiger partial charge in [0.25, 0.3) is 0 Å². The van der Waals surface area contributed by atoms with Gasteiger partial charge in [0.05, 0.1) is 126 Å². The maximum absolute atomic E-state index is 5.45. The van der Waals surface area contributed by atoms with Crippen molar-refractivity contribution in [2.24, 2.45) is 5.73 Å². The molecule has 0 radical (unpaired) electrons. The number of rotatable bonds is 32. The van der Waals surface area contributed by atoms with Gasteiger partial charge in [0.15, 0.2) is 0 Å². The smallest absolute Gasteiger partial charge is 0.0701 e. The first kappa shape index (κ1) is 34.6. The van der Waals surface area contributed by atoms with E-state index in [2.05, 4.69) is 6.92 Å². The molecule has 0 aliphatic heterocycles. The van der Waals surface area contributed by atoms with Crippen LogP contribution in [0.5, 0.6) is 0 Å². The molecule has 0 saturated carbocycles. The lowest BCUT2D eigenvalue weighted by Crippen LogP contribution is -2.15. The van der Waals surface area contributed by atoms with Crippen molar-refractivity contribution in [1.82, 2.24) is 0 Å². The Labute approximate surface area is 212 Å². The Kier molecular flexibility index (Phi) is 33.1. The third-order valence-electron chi connectivity index (χ3n) is 4.25. The maximum atomic E-state index is 5.45. The lowest BCUT2D eigenvalue weighted by Gasteiger charge is -2.09. The van der Waals surface area contributed by atoms with Crippen LogP contribution in [0.25, 0.3) is 0 Å². The maximum Gasteiger partial charge on any atom is 0.0701 e. The SMILES string of the molecule is CCCCOCCOCCOCCOCCOCCOCCOCCOCCOCCOCCN. The number of unbranched alkanes of at least 4 members (excludes halogenated alkanes) is 1. The highest BCUT2D eigenvalue weighted by atomic mass is 16.6. The van der Waals surface area contributed by atoms with Crippen LogP contribution in [-0.2, 0) is 47.4 Å². The van der Waals surface area contributed by atoms with Gasteiger partial charge in [-0.25, -0.2) is 0 Å². The molecule has 0 aromatic carbocycles. The van der Waals surface area contributed by atoms with Crippen LogP contribution >= 0.6 is 0 Å². The van der Waals surface area contributed by atoms with Crippen molar-refractivity contribution in [1.29, 1.82) is 0 Å².